The average Bonchev–Trinajstić information content (AvgIpc) is 2.63. The maximum atomic E-state index is 6.11. The normalized spacial score (nSPS) is 22.2. The zero-order valence-electron chi connectivity index (χ0n) is 7.42. The van der Waals surface area contributed by atoms with Gasteiger partial charge in [-0.15, -0.1) is 11.3 Å². The van der Waals surface area contributed by atoms with Gasteiger partial charge in [-0.25, -0.2) is 0 Å². The number of hydrogen-bond donors (Lipinski definition) is 1. The molecule has 1 fully saturated rings. The van der Waals surface area contributed by atoms with Gasteiger partial charge in [0, 0.05) is 10.9 Å². The Kier molecular flexibility index (Phi) is 1.97. The van der Waals surface area contributed by atoms with Crippen LogP contribution >= 0.6 is 11.3 Å². The second-order valence-corrected chi connectivity index (χ2v) is 5.08. The molecule has 1 unspecified atom stereocenters. The number of nitrogens with two attached hydrogens (primary N) is 1. The van der Waals surface area contributed by atoms with Crippen molar-refractivity contribution in [2.24, 2.45) is 11.1 Å². The Hall–Kier alpha value is -0.340. The van der Waals surface area contributed by atoms with Gasteiger partial charge in [0.2, 0.25) is 0 Å². The van der Waals surface area contributed by atoms with E-state index in [2.05, 4.69) is 24.4 Å². The van der Waals surface area contributed by atoms with Crippen molar-refractivity contribution in [3.63, 3.8) is 0 Å². The Balaban J connectivity index is 1.95. The van der Waals surface area contributed by atoms with Gasteiger partial charge in [0.15, 0.2) is 0 Å². The highest BCUT2D eigenvalue weighted by Gasteiger charge is 2.42. The molecule has 1 saturated carbocycles. The van der Waals surface area contributed by atoms with Crippen molar-refractivity contribution in [1.82, 2.24) is 0 Å². The van der Waals surface area contributed by atoms with Gasteiger partial charge in [0.1, 0.15) is 0 Å². The Labute approximate surface area is 77.6 Å². The second kappa shape index (κ2) is 2.86. The monoisotopic (exact) mass is 181 g/mol. The van der Waals surface area contributed by atoms with Crippen molar-refractivity contribution in [2.75, 3.05) is 0 Å². The first-order valence-electron chi connectivity index (χ1n) is 4.49. The van der Waals surface area contributed by atoms with Gasteiger partial charge >= 0.3 is 0 Å². The molecule has 1 nitrogen and oxygen atoms in total. The molecule has 1 atom stereocenters. The van der Waals surface area contributed by atoms with Gasteiger partial charge in [-0.05, 0) is 36.1 Å². The summed E-state index contributed by atoms with van der Waals surface area (Å²) in [6.45, 7) is 2.30. The molecule has 0 bridgehead atoms. The van der Waals surface area contributed by atoms with Gasteiger partial charge in [-0.3, -0.25) is 0 Å². The van der Waals surface area contributed by atoms with Crippen LogP contribution in [0.15, 0.2) is 17.5 Å². The van der Waals surface area contributed by atoms with Gasteiger partial charge in [-0.2, -0.15) is 0 Å². The fraction of sp³-hybridized carbons (Fsp3) is 0.600. The predicted molar refractivity (Wildman–Crippen MR) is 53.3 cm³/mol. The number of hydrogen-bond acceptors (Lipinski definition) is 2. The minimum absolute atomic E-state index is 0.371. The Morgan fingerprint density at radius 2 is 2.42 bits per heavy atom. The van der Waals surface area contributed by atoms with Crippen molar-refractivity contribution >= 4 is 11.3 Å². The van der Waals surface area contributed by atoms with E-state index >= 15 is 0 Å². The summed E-state index contributed by atoms with van der Waals surface area (Å²) in [5.74, 6) is 0. The van der Waals surface area contributed by atoms with Crippen LogP contribution in [0.2, 0.25) is 0 Å². The molecule has 0 saturated heterocycles. The third kappa shape index (κ3) is 1.54. The first-order valence-corrected chi connectivity index (χ1v) is 5.37. The highest BCUT2D eigenvalue weighted by Crippen LogP contribution is 2.48. The smallest absolute Gasteiger partial charge is 0.0141 e. The average molecular weight is 181 g/mol. The zero-order valence-corrected chi connectivity index (χ0v) is 8.23. The van der Waals surface area contributed by atoms with Crippen LogP contribution in [-0.4, -0.2) is 6.04 Å². The fourth-order valence-corrected chi connectivity index (χ4v) is 2.22. The summed E-state index contributed by atoms with van der Waals surface area (Å²) in [5, 5.41) is 2.12. The molecule has 0 amide bonds. The van der Waals surface area contributed by atoms with Crippen LogP contribution < -0.4 is 5.73 Å². The van der Waals surface area contributed by atoms with Crippen LogP contribution in [0.5, 0.6) is 0 Å². The van der Waals surface area contributed by atoms with Crippen molar-refractivity contribution in [2.45, 2.75) is 32.2 Å². The minimum atomic E-state index is 0.371. The van der Waals surface area contributed by atoms with E-state index in [1.165, 1.54) is 17.7 Å². The molecule has 0 spiro atoms. The third-order valence-corrected chi connectivity index (χ3v) is 3.83. The van der Waals surface area contributed by atoms with E-state index < -0.39 is 0 Å². The molecular formula is C10H15NS. The first kappa shape index (κ1) is 8.27. The Morgan fingerprint density at radius 3 is 2.92 bits per heavy atom. The lowest BCUT2D eigenvalue weighted by Crippen LogP contribution is -2.31. The highest BCUT2D eigenvalue weighted by molar-refractivity contribution is 7.09. The van der Waals surface area contributed by atoms with Crippen molar-refractivity contribution in [3.8, 4) is 0 Å². The molecule has 2 heteroatoms. The van der Waals surface area contributed by atoms with Gasteiger partial charge < -0.3 is 5.73 Å². The molecule has 1 aliphatic rings. The van der Waals surface area contributed by atoms with E-state index in [-0.39, 0.29) is 0 Å². The highest BCUT2D eigenvalue weighted by atomic mass is 32.1. The van der Waals surface area contributed by atoms with Gasteiger partial charge in [0.05, 0.1) is 0 Å². The minimum Gasteiger partial charge on any atom is -0.327 e. The molecular weight excluding hydrogens is 166 g/mol. The molecule has 66 valence electrons. The lowest BCUT2D eigenvalue weighted by atomic mass is 9.96. The molecule has 0 aliphatic heterocycles. The van der Waals surface area contributed by atoms with Crippen molar-refractivity contribution in [1.29, 1.82) is 0 Å². The van der Waals surface area contributed by atoms with E-state index in [0.29, 0.717) is 11.5 Å². The van der Waals surface area contributed by atoms with E-state index in [4.69, 9.17) is 5.73 Å². The Bertz CT molecular complexity index is 249. The summed E-state index contributed by atoms with van der Waals surface area (Å²) in [6, 6.07) is 4.65. The quantitative estimate of drug-likeness (QED) is 0.761. The van der Waals surface area contributed by atoms with E-state index in [1.54, 1.807) is 0 Å². The molecule has 1 aromatic heterocycles. The summed E-state index contributed by atoms with van der Waals surface area (Å²) in [4.78, 5) is 1.43. The molecule has 1 aromatic rings. The molecule has 2 rings (SSSR count). The van der Waals surface area contributed by atoms with Crippen molar-refractivity contribution in [3.05, 3.63) is 22.4 Å². The van der Waals surface area contributed by atoms with Crippen LogP contribution in [-0.2, 0) is 6.42 Å². The zero-order chi connectivity index (χ0) is 8.60. The molecule has 0 radical (unpaired) electrons. The van der Waals surface area contributed by atoms with E-state index in [9.17, 15) is 0 Å². The third-order valence-electron chi connectivity index (χ3n) is 2.94. The molecule has 1 heterocycles. The predicted octanol–water partition coefficient (Wildman–Crippen LogP) is 2.42. The van der Waals surface area contributed by atoms with E-state index in [0.717, 1.165) is 6.42 Å². The standard InChI is InChI=1S/C10H15NS/c1-10(4-5-10)9(11)7-8-3-2-6-12-8/h2-3,6,9H,4-5,7,11H2,1H3. The van der Waals surface area contributed by atoms with Crippen LogP contribution in [0.1, 0.15) is 24.6 Å². The van der Waals surface area contributed by atoms with Crippen LogP contribution in [0.4, 0.5) is 0 Å². The van der Waals surface area contributed by atoms with Gasteiger partial charge in [0.25, 0.3) is 0 Å². The van der Waals surface area contributed by atoms with Crippen LogP contribution in [0.25, 0.3) is 0 Å². The fourth-order valence-electron chi connectivity index (χ4n) is 1.46. The summed E-state index contributed by atoms with van der Waals surface area (Å²) >= 11 is 1.82. The SMILES string of the molecule is CC1(C(N)Cc2cccs2)CC1. The summed E-state index contributed by atoms with van der Waals surface area (Å²) in [5.41, 5.74) is 6.57. The molecule has 0 aromatic carbocycles. The lowest BCUT2D eigenvalue weighted by Gasteiger charge is -2.17. The molecule has 1 aliphatic carbocycles. The maximum absolute atomic E-state index is 6.11. The van der Waals surface area contributed by atoms with Crippen LogP contribution in [0, 0.1) is 5.41 Å². The number of rotatable bonds is 3. The number of thiophene rings is 1. The summed E-state index contributed by atoms with van der Waals surface area (Å²) < 4.78 is 0. The second-order valence-electron chi connectivity index (χ2n) is 4.04. The Morgan fingerprint density at radius 1 is 1.67 bits per heavy atom. The molecule has 12 heavy (non-hydrogen) atoms. The lowest BCUT2D eigenvalue weighted by molar-refractivity contribution is 0.435. The summed E-state index contributed by atoms with van der Waals surface area (Å²) in [7, 11) is 0. The topological polar surface area (TPSA) is 26.0 Å². The van der Waals surface area contributed by atoms with Crippen LogP contribution in [0.3, 0.4) is 0 Å². The summed E-state index contributed by atoms with van der Waals surface area (Å²) in [6.07, 6.45) is 3.70. The van der Waals surface area contributed by atoms with Gasteiger partial charge in [-0.1, -0.05) is 13.0 Å². The first-order chi connectivity index (χ1) is 5.71. The van der Waals surface area contributed by atoms with Crippen molar-refractivity contribution < 1.29 is 0 Å². The van der Waals surface area contributed by atoms with E-state index in [1.807, 2.05) is 11.3 Å². The largest absolute Gasteiger partial charge is 0.327 e. The maximum Gasteiger partial charge on any atom is 0.0141 e. The molecule has 2 N–H and O–H groups in total.